The molecule has 29 heavy (non-hydrogen) atoms. The summed E-state index contributed by atoms with van der Waals surface area (Å²) < 4.78 is 44.8. The van der Waals surface area contributed by atoms with E-state index in [4.69, 9.17) is 16.3 Å². The van der Waals surface area contributed by atoms with Crippen molar-refractivity contribution in [1.82, 2.24) is 14.5 Å². The lowest BCUT2D eigenvalue weighted by Gasteiger charge is -2.17. The van der Waals surface area contributed by atoms with Crippen LogP contribution >= 0.6 is 11.6 Å². The minimum atomic E-state index is -3.65. The van der Waals surface area contributed by atoms with Crippen molar-refractivity contribution in [1.29, 1.82) is 0 Å². The number of methoxy groups -OCH3 is 1. The van der Waals surface area contributed by atoms with E-state index in [1.807, 2.05) is 6.07 Å². The Labute approximate surface area is 174 Å². The van der Waals surface area contributed by atoms with Crippen LogP contribution in [-0.4, -0.2) is 43.6 Å². The van der Waals surface area contributed by atoms with Crippen LogP contribution in [0.4, 0.5) is 4.39 Å². The van der Waals surface area contributed by atoms with Gasteiger partial charge in [-0.25, -0.2) is 17.1 Å². The summed E-state index contributed by atoms with van der Waals surface area (Å²) in [5.74, 6) is 0.122. The third kappa shape index (κ3) is 4.95. The van der Waals surface area contributed by atoms with Crippen molar-refractivity contribution in [2.45, 2.75) is 17.7 Å². The first-order valence-corrected chi connectivity index (χ1v) is 10.7. The van der Waals surface area contributed by atoms with Crippen LogP contribution in [0.3, 0.4) is 0 Å². The largest absolute Gasteiger partial charge is 0.495 e. The normalized spacial score (nSPS) is 11.8. The van der Waals surface area contributed by atoms with Crippen molar-refractivity contribution in [3.8, 4) is 17.0 Å². The van der Waals surface area contributed by atoms with E-state index in [0.717, 1.165) is 11.3 Å². The fourth-order valence-electron chi connectivity index (χ4n) is 2.86. The summed E-state index contributed by atoms with van der Waals surface area (Å²) >= 11 is 6.05. The average Bonchev–Trinajstić information content (AvgIpc) is 3.17. The van der Waals surface area contributed by atoms with Gasteiger partial charge in [-0.1, -0.05) is 11.6 Å². The van der Waals surface area contributed by atoms with Gasteiger partial charge < -0.3 is 4.74 Å². The van der Waals surface area contributed by atoms with Gasteiger partial charge in [0.2, 0.25) is 10.0 Å². The number of nitrogens with one attached hydrogen (secondary N) is 1. The summed E-state index contributed by atoms with van der Waals surface area (Å²) in [5.41, 5.74) is 2.40. The molecule has 0 spiro atoms. The summed E-state index contributed by atoms with van der Waals surface area (Å²) in [6, 6.07) is 12.4. The van der Waals surface area contributed by atoms with E-state index in [1.54, 1.807) is 12.1 Å². The Hall–Kier alpha value is -2.42. The highest BCUT2D eigenvalue weighted by Crippen LogP contribution is 2.28. The van der Waals surface area contributed by atoms with Crippen LogP contribution in [0, 0.1) is 5.82 Å². The highest BCUT2D eigenvalue weighted by atomic mass is 35.5. The van der Waals surface area contributed by atoms with E-state index in [2.05, 4.69) is 10.2 Å². The van der Waals surface area contributed by atoms with Crippen molar-refractivity contribution in [2.24, 2.45) is 0 Å². The Kier molecular flexibility index (Phi) is 6.56. The number of H-pyrrole nitrogens is 1. The first-order chi connectivity index (χ1) is 13.8. The minimum Gasteiger partial charge on any atom is -0.495 e. The lowest BCUT2D eigenvalue weighted by atomic mass is 10.1. The molecule has 0 saturated heterocycles. The van der Waals surface area contributed by atoms with Crippen molar-refractivity contribution in [2.75, 3.05) is 20.7 Å². The number of hydrogen-bond donors (Lipinski definition) is 1. The second-order valence-corrected chi connectivity index (χ2v) is 8.96. The molecule has 0 aliphatic heterocycles. The van der Waals surface area contributed by atoms with Crippen LogP contribution < -0.4 is 4.74 Å². The molecule has 6 nitrogen and oxygen atoms in total. The number of aromatic nitrogens is 2. The van der Waals surface area contributed by atoms with Crippen LogP contribution in [0.25, 0.3) is 11.3 Å². The van der Waals surface area contributed by atoms with Gasteiger partial charge in [-0.3, -0.25) is 5.10 Å². The number of aryl methyl sites for hydroxylation is 1. The van der Waals surface area contributed by atoms with E-state index in [1.165, 1.54) is 48.8 Å². The number of halogens is 2. The molecule has 0 fully saturated rings. The summed E-state index contributed by atoms with van der Waals surface area (Å²) in [6.07, 6.45) is 1.22. The van der Waals surface area contributed by atoms with Crippen LogP contribution in [0.5, 0.6) is 5.75 Å². The summed E-state index contributed by atoms with van der Waals surface area (Å²) in [5, 5.41) is 7.41. The number of aromatic amines is 1. The van der Waals surface area contributed by atoms with Crippen molar-refractivity contribution in [3.63, 3.8) is 0 Å². The Balaban J connectivity index is 1.60. The van der Waals surface area contributed by atoms with E-state index in [-0.39, 0.29) is 15.7 Å². The molecule has 0 unspecified atom stereocenters. The van der Waals surface area contributed by atoms with E-state index < -0.39 is 10.0 Å². The molecule has 0 radical (unpaired) electrons. The van der Waals surface area contributed by atoms with Crippen molar-refractivity contribution >= 4 is 21.6 Å². The Morgan fingerprint density at radius 1 is 1.17 bits per heavy atom. The van der Waals surface area contributed by atoms with Crippen molar-refractivity contribution < 1.29 is 17.5 Å². The smallest absolute Gasteiger partial charge is 0.242 e. The SMILES string of the molecule is COc1ccc(S(=O)(=O)N(C)CCCc2cc(-c3ccc(F)cc3)n[nH]2)cc1Cl. The quantitative estimate of drug-likeness (QED) is 0.575. The van der Waals surface area contributed by atoms with Crippen LogP contribution in [0.15, 0.2) is 53.4 Å². The highest BCUT2D eigenvalue weighted by Gasteiger charge is 2.21. The highest BCUT2D eigenvalue weighted by molar-refractivity contribution is 7.89. The van der Waals surface area contributed by atoms with Crippen LogP contribution in [0.2, 0.25) is 5.02 Å². The average molecular weight is 438 g/mol. The fraction of sp³-hybridized carbons (Fsp3) is 0.250. The zero-order chi connectivity index (χ0) is 21.0. The van der Waals surface area contributed by atoms with Gasteiger partial charge in [0, 0.05) is 24.8 Å². The van der Waals surface area contributed by atoms with E-state index >= 15 is 0 Å². The molecule has 1 aromatic heterocycles. The molecule has 0 bridgehead atoms. The molecule has 1 N–H and O–H groups in total. The monoisotopic (exact) mass is 437 g/mol. The molecule has 0 atom stereocenters. The van der Waals surface area contributed by atoms with Gasteiger partial charge in [0.1, 0.15) is 11.6 Å². The second-order valence-electron chi connectivity index (χ2n) is 6.51. The summed E-state index contributed by atoms with van der Waals surface area (Å²) in [7, 11) is -0.648. The van der Waals surface area contributed by atoms with E-state index in [0.29, 0.717) is 30.8 Å². The predicted molar refractivity (Wildman–Crippen MR) is 110 cm³/mol. The fourth-order valence-corrected chi connectivity index (χ4v) is 4.42. The molecule has 0 saturated carbocycles. The van der Waals surface area contributed by atoms with E-state index in [9.17, 15) is 12.8 Å². The van der Waals surface area contributed by atoms with Gasteiger partial charge in [0.25, 0.3) is 0 Å². The molecule has 9 heteroatoms. The molecule has 3 rings (SSSR count). The number of sulfonamides is 1. The second kappa shape index (κ2) is 8.94. The van der Waals surface area contributed by atoms with Gasteiger partial charge in [-0.2, -0.15) is 5.10 Å². The van der Waals surface area contributed by atoms with Gasteiger partial charge in [-0.15, -0.1) is 0 Å². The molecule has 0 amide bonds. The standard InChI is InChI=1S/C20H21ClFN3O3S/c1-25(29(26,27)17-9-10-20(28-2)18(21)13-17)11-3-4-16-12-19(24-23-16)14-5-7-15(22)8-6-14/h5-10,12-13H,3-4,11H2,1-2H3,(H,23,24). The maximum Gasteiger partial charge on any atom is 0.242 e. The Bertz CT molecular complexity index is 1080. The molecule has 0 aliphatic rings. The van der Waals surface area contributed by atoms with Crippen LogP contribution in [-0.2, 0) is 16.4 Å². The van der Waals surface area contributed by atoms with Gasteiger partial charge in [-0.05, 0) is 61.4 Å². The number of hydrogen-bond acceptors (Lipinski definition) is 4. The number of benzene rings is 2. The van der Waals surface area contributed by atoms with Gasteiger partial charge in [0.15, 0.2) is 0 Å². The molecule has 1 heterocycles. The summed E-state index contributed by atoms with van der Waals surface area (Å²) in [4.78, 5) is 0.117. The zero-order valence-corrected chi connectivity index (χ0v) is 17.6. The minimum absolute atomic E-state index is 0.117. The molecule has 154 valence electrons. The van der Waals surface area contributed by atoms with Crippen LogP contribution in [0.1, 0.15) is 12.1 Å². The first kappa shape index (κ1) is 21.3. The maximum atomic E-state index is 13.0. The number of rotatable bonds is 8. The van der Waals surface area contributed by atoms with Gasteiger partial charge >= 0.3 is 0 Å². The Morgan fingerprint density at radius 2 is 1.90 bits per heavy atom. The summed E-state index contributed by atoms with van der Waals surface area (Å²) in [6.45, 7) is 0.330. The number of nitrogens with zero attached hydrogens (tertiary/aromatic N) is 2. The Morgan fingerprint density at radius 3 is 2.55 bits per heavy atom. The molecular weight excluding hydrogens is 417 g/mol. The molecule has 2 aromatic carbocycles. The predicted octanol–water partition coefficient (Wildman–Crippen LogP) is 4.13. The first-order valence-electron chi connectivity index (χ1n) is 8.91. The maximum absolute atomic E-state index is 13.0. The lowest BCUT2D eigenvalue weighted by molar-refractivity contribution is 0.414. The topological polar surface area (TPSA) is 75.3 Å². The zero-order valence-electron chi connectivity index (χ0n) is 16.0. The van der Waals surface area contributed by atoms with Crippen molar-refractivity contribution in [3.05, 3.63) is 65.1 Å². The molecule has 0 aliphatic carbocycles. The van der Waals surface area contributed by atoms with Gasteiger partial charge in [0.05, 0.1) is 22.7 Å². The number of ether oxygens (including phenoxy) is 1. The lowest BCUT2D eigenvalue weighted by Crippen LogP contribution is -2.28. The molecular formula is C20H21ClFN3O3S. The third-order valence-electron chi connectivity index (χ3n) is 4.52. The third-order valence-corrected chi connectivity index (χ3v) is 6.67. The molecule has 3 aromatic rings.